The van der Waals surface area contributed by atoms with Crippen LogP contribution in [0.4, 0.5) is 0 Å². The Labute approximate surface area is 107 Å². The predicted octanol–water partition coefficient (Wildman–Crippen LogP) is 1.27. The highest BCUT2D eigenvalue weighted by molar-refractivity contribution is 6.01. The summed E-state index contributed by atoms with van der Waals surface area (Å²) in [6.45, 7) is 3.98. The van der Waals surface area contributed by atoms with Crippen LogP contribution in [0.2, 0.25) is 0 Å². The molecule has 1 amide bonds. The molecular weight excluding hydrogens is 234 g/mol. The average Bonchev–Trinajstić information content (AvgIpc) is 2.37. The van der Waals surface area contributed by atoms with E-state index in [0.29, 0.717) is 13.2 Å². The summed E-state index contributed by atoms with van der Waals surface area (Å²) >= 11 is 0. The van der Waals surface area contributed by atoms with Gasteiger partial charge in [-0.15, -0.1) is 0 Å². The van der Waals surface area contributed by atoms with Gasteiger partial charge in [-0.25, -0.2) is 0 Å². The lowest BCUT2D eigenvalue weighted by atomic mass is 9.86. The van der Waals surface area contributed by atoms with E-state index in [2.05, 4.69) is 0 Å². The molecule has 2 aliphatic rings. The molecule has 2 atom stereocenters. The Morgan fingerprint density at radius 2 is 1.94 bits per heavy atom. The number of rotatable bonds is 2. The third kappa shape index (κ3) is 2.23. The van der Waals surface area contributed by atoms with E-state index in [0.717, 1.165) is 25.7 Å². The van der Waals surface area contributed by atoms with Crippen molar-refractivity contribution in [2.24, 2.45) is 5.41 Å². The molecule has 0 aromatic carbocycles. The van der Waals surface area contributed by atoms with E-state index in [1.807, 2.05) is 0 Å². The number of carbonyl (C=O) groups excluding carboxylic acids is 1. The topological polar surface area (TPSA) is 66.8 Å². The normalized spacial score (nSPS) is 28.7. The molecule has 5 heteroatoms. The smallest absolute Gasteiger partial charge is 0.318 e. The molecule has 1 N–H and O–H groups in total. The fraction of sp³-hybridized carbons (Fsp3) is 0.846. The van der Waals surface area contributed by atoms with Crippen LogP contribution in [0.5, 0.6) is 0 Å². The maximum Gasteiger partial charge on any atom is 0.318 e. The van der Waals surface area contributed by atoms with Crippen LogP contribution in [0.15, 0.2) is 0 Å². The summed E-state index contributed by atoms with van der Waals surface area (Å²) in [7, 11) is 0. The maximum absolute atomic E-state index is 12.4. The molecule has 1 aliphatic carbocycles. The zero-order valence-corrected chi connectivity index (χ0v) is 11.0. The molecule has 5 nitrogen and oxygen atoms in total. The maximum atomic E-state index is 12.4. The summed E-state index contributed by atoms with van der Waals surface area (Å²) in [6, 6.07) is 0.0682. The van der Waals surface area contributed by atoms with Crippen LogP contribution >= 0.6 is 0 Å². The van der Waals surface area contributed by atoms with Crippen molar-refractivity contribution < 1.29 is 19.4 Å². The highest BCUT2D eigenvalue weighted by Gasteiger charge is 2.45. The molecule has 2 unspecified atom stereocenters. The lowest BCUT2D eigenvalue weighted by Crippen LogP contribution is -2.58. The summed E-state index contributed by atoms with van der Waals surface area (Å²) < 4.78 is 5.69. The Kier molecular flexibility index (Phi) is 3.61. The van der Waals surface area contributed by atoms with Gasteiger partial charge >= 0.3 is 5.97 Å². The predicted molar refractivity (Wildman–Crippen MR) is 65.1 cm³/mol. The van der Waals surface area contributed by atoms with Gasteiger partial charge in [0.05, 0.1) is 18.8 Å². The molecule has 2 rings (SSSR count). The second kappa shape index (κ2) is 4.88. The number of amides is 1. The molecule has 0 bridgehead atoms. The minimum Gasteiger partial charge on any atom is -0.480 e. The minimum atomic E-state index is -1.35. The Morgan fingerprint density at radius 1 is 1.28 bits per heavy atom. The van der Waals surface area contributed by atoms with E-state index >= 15 is 0 Å². The Morgan fingerprint density at radius 3 is 2.61 bits per heavy atom. The molecule has 1 saturated heterocycles. The van der Waals surface area contributed by atoms with Crippen LogP contribution in [0.1, 0.15) is 39.5 Å². The first-order chi connectivity index (χ1) is 8.44. The summed E-state index contributed by atoms with van der Waals surface area (Å²) in [5, 5.41) is 9.16. The van der Waals surface area contributed by atoms with Crippen molar-refractivity contribution in [2.75, 3.05) is 13.2 Å². The molecule has 0 aromatic rings. The molecule has 1 heterocycles. The number of nitrogens with zero attached hydrogens (tertiary/aromatic N) is 1. The lowest BCUT2D eigenvalue weighted by Gasteiger charge is -2.45. The molecular formula is C13H21NO4. The second-order valence-electron chi connectivity index (χ2n) is 5.69. The number of fused-ring (bicyclic) bond motifs is 1. The van der Waals surface area contributed by atoms with Crippen LogP contribution in [-0.2, 0) is 14.3 Å². The van der Waals surface area contributed by atoms with Gasteiger partial charge in [0.1, 0.15) is 5.41 Å². The van der Waals surface area contributed by atoms with Gasteiger partial charge in [-0.2, -0.15) is 0 Å². The number of carboxylic acid groups (broad SMARTS) is 1. The summed E-state index contributed by atoms with van der Waals surface area (Å²) in [5.74, 6) is -1.35. The van der Waals surface area contributed by atoms with Crippen molar-refractivity contribution in [3.63, 3.8) is 0 Å². The molecule has 102 valence electrons. The largest absolute Gasteiger partial charge is 0.480 e. The molecule has 0 radical (unpaired) electrons. The highest BCUT2D eigenvalue weighted by atomic mass is 16.5. The Bertz CT molecular complexity index is 351. The lowest BCUT2D eigenvalue weighted by molar-refractivity contribution is -0.168. The fourth-order valence-corrected chi connectivity index (χ4v) is 2.80. The first-order valence-electron chi connectivity index (χ1n) is 6.60. The van der Waals surface area contributed by atoms with Crippen molar-refractivity contribution in [1.82, 2.24) is 4.90 Å². The van der Waals surface area contributed by atoms with Gasteiger partial charge in [0.15, 0.2) is 0 Å². The van der Waals surface area contributed by atoms with Gasteiger partial charge in [0.2, 0.25) is 5.91 Å². The zero-order valence-electron chi connectivity index (χ0n) is 11.0. The fourth-order valence-electron chi connectivity index (χ4n) is 2.80. The molecule has 0 spiro atoms. The molecule has 1 aliphatic heterocycles. The second-order valence-corrected chi connectivity index (χ2v) is 5.69. The quantitative estimate of drug-likeness (QED) is 0.754. The molecule has 18 heavy (non-hydrogen) atoms. The van der Waals surface area contributed by atoms with Crippen molar-refractivity contribution >= 4 is 11.9 Å². The Balaban J connectivity index is 2.16. The van der Waals surface area contributed by atoms with Gasteiger partial charge in [-0.05, 0) is 26.7 Å². The number of carboxylic acids is 1. The number of aliphatic carboxylic acids is 1. The summed E-state index contributed by atoms with van der Waals surface area (Å²) in [5.41, 5.74) is -1.35. The van der Waals surface area contributed by atoms with Crippen LogP contribution in [0.25, 0.3) is 0 Å². The third-order valence-corrected chi connectivity index (χ3v) is 4.06. The van der Waals surface area contributed by atoms with Gasteiger partial charge < -0.3 is 14.7 Å². The average molecular weight is 255 g/mol. The van der Waals surface area contributed by atoms with E-state index in [1.54, 1.807) is 4.90 Å². The third-order valence-electron chi connectivity index (χ3n) is 4.06. The van der Waals surface area contributed by atoms with E-state index in [4.69, 9.17) is 9.84 Å². The standard InChI is InChI=1S/C13H21NO4/c1-13(2,12(16)17)11(15)14-7-8-18-10-6-4-3-5-9(10)14/h9-10H,3-8H2,1-2H3,(H,16,17). The molecule has 1 saturated carbocycles. The molecule has 2 fully saturated rings. The number of morpholine rings is 1. The SMILES string of the molecule is CC(C)(C(=O)O)C(=O)N1CCOC2CCCCC21. The van der Waals surface area contributed by atoms with E-state index in [1.165, 1.54) is 13.8 Å². The number of ether oxygens (including phenoxy) is 1. The highest BCUT2D eigenvalue weighted by Crippen LogP contribution is 2.31. The van der Waals surface area contributed by atoms with Crippen molar-refractivity contribution in [1.29, 1.82) is 0 Å². The van der Waals surface area contributed by atoms with Gasteiger partial charge in [0, 0.05) is 6.54 Å². The summed E-state index contributed by atoms with van der Waals surface area (Å²) in [4.78, 5) is 25.3. The Hall–Kier alpha value is -1.10. The summed E-state index contributed by atoms with van der Waals surface area (Å²) in [6.07, 6.45) is 4.21. The molecule has 0 aromatic heterocycles. The van der Waals surface area contributed by atoms with Gasteiger partial charge in [-0.1, -0.05) is 12.8 Å². The van der Waals surface area contributed by atoms with E-state index < -0.39 is 11.4 Å². The van der Waals surface area contributed by atoms with Gasteiger partial charge in [-0.3, -0.25) is 9.59 Å². The zero-order chi connectivity index (χ0) is 13.3. The van der Waals surface area contributed by atoms with Crippen LogP contribution in [-0.4, -0.2) is 47.2 Å². The number of carbonyl (C=O) groups is 2. The van der Waals surface area contributed by atoms with Crippen LogP contribution in [0, 0.1) is 5.41 Å². The van der Waals surface area contributed by atoms with E-state index in [-0.39, 0.29) is 18.1 Å². The number of hydrogen-bond acceptors (Lipinski definition) is 3. The van der Waals surface area contributed by atoms with E-state index in [9.17, 15) is 9.59 Å². The van der Waals surface area contributed by atoms with Crippen molar-refractivity contribution in [2.45, 2.75) is 51.7 Å². The monoisotopic (exact) mass is 255 g/mol. The van der Waals surface area contributed by atoms with Crippen LogP contribution in [0.3, 0.4) is 0 Å². The first kappa shape index (κ1) is 13.3. The van der Waals surface area contributed by atoms with Crippen molar-refractivity contribution in [3.05, 3.63) is 0 Å². The number of hydrogen-bond donors (Lipinski definition) is 1. The minimum absolute atomic E-state index is 0.0682. The van der Waals surface area contributed by atoms with Gasteiger partial charge in [0.25, 0.3) is 0 Å². The first-order valence-corrected chi connectivity index (χ1v) is 6.60. The van der Waals surface area contributed by atoms with Crippen molar-refractivity contribution in [3.8, 4) is 0 Å². The van der Waals surface area contributed by atoms with Crippen LogP contribution < -0.4 is 0 Å².